The molecule has 0 radical (unpaired) electrons. The number of aryl methyl sites for hydroxylation is 1. The van der Waals surface area contributed by atoms with E-state index in [-0.39, 0.29) is 24.2 Å². The van der Waals surface area contributed by atoms with E-state index < -0.39 is 0 Å². The number of hydrogen-bond acceptors (Lipinski definition) is 6. The maximum atomic E-state index is 12.2. The molecule has 0 spiro atoms. The van der Waals surface area contributed by atoms with Crippen LogP contribution in [-0.4, -0.2) is 38.4 Å². The van der Waals surface area contributed by atoms with E-state index in [1.165, 1.54) is 11.3 Å². The van der Waals surface area contributed by atoms with E-state index in [0.29, 0.717) is 18.2 Å². The first-order valence-electron chi connectivity index (χ1n) is 6.90. The summed E-state index contributed by atoms with van der Waals surface area (Å²) in [6.45, 7) is 2.65. The van der Waals surface area contributed by atoms with Crippen LogP contribution in [0.1, 0.15) is 17.1 Å². The van der Waals surface area contributed by atoms with Gasteiger partial charge in [-0.2, -0.15) is 0 Å². The number of pyridine rings is 1. The Balaban J connectivity index is 1.60. The number of carbonyl (C=O) groups excluding carboxylic acids is 2. The van der Waals surface area contributed by atoms with Crippen molar-refractivity contribution in [2.75, 3.05) is 11.9 Å². The molecule has 1 unspecified atom stereocenters. The first-order chi connectivity index (χ1) is 10.6. The van der Waals surface area contributed by atoms with Crippen molar-refractivity contribution in [1.29, 1.82) is 0 Å². The molecule has 1 saturated heterocycles. The second kappa shape index (κ2) is 6.18. The molecule has 3 rings (SSSR count). The Bertz CT molecular complexity index is 688. The molecule has 3 heterocycles. The molecule has 7 nitrogen and oxygen atoms in total. The summed E-state index contributed by atoms with van der Waals surface area (Å²) in [4.78, 5) is 30.1. The molecule has 1 N–H and O–H groups in total. The third kappa shape index (κ3) is 3.28. The molecule has 1 aliphatic rings. The fourth-order valence-corrected chi connectivity index (χ4v) is 2.94. The number of hydrogen-bond donors (Lipinski definition) is 1. The zero-order chi connectivity index (χ0) is 15.5. The summed E-state index contributed by atoms with van der Waals surface area (Å²) in [6, 6.07) is 5.57. The minimum absolute atomic E-state index is 0.0285. The first kappa shape index (κ1) is 14.6. The first-order valence-corrected chi connectivity index (χ1v) is 7.72. The van der Waals surface area contributed by atoms with Crippen LogP contribution in [0.25, 0.3) is 0 Å². The molecular weight excluding hydrogens is 302 g/mol. The van der Waals surface area contributed by atoms with Gasteiger partial charge in [-0.05, 0) is 19.1 Å². The van der Waals surface area contributed by atoms with Crippen molar-refractivity contribution in [2.24, 2.45) is 5.92 Å². The summed E-state index contributed by atoms with van der Waals surface area (Å²) in [5.41, 5.74) is 0.816. The molecule has 1 fully saturated rings. The van der Waals surface area contributed by atoms with Crippen LogP contribution in [0.5, 0.6) is 0 Å². The lowest BCUT2D eigenvalue weighted by Gasteiger charge is -2.15. The van der Waals surface area contributed by atoms with Gasteiger partial charge < -0.3 is 10.2 Å². The SMILES string of the molecule is Cc1nnc(NC(=O)C2CC(=O)N(Cc3ccccn3)C2)s1. The van der Waals surface area contributed by atoms with Gasteiger partial charge in [0.2, 0.25) is 16.9 Å². The largest absolute Gasteiger partial charge is 0.336 e. The lowest BCUT2D eigenvalue weighted by atomic mass is 10.1. The number of carbonyl (C=O) groups is 2. The molecule has 1 aliphatic heterocycles. The topological polar surface area (TPSA) is 88.1 Å². The Kier molecular flexibility index (Phi) is 4.10. The molecule has 8 heteroatoms. The summed E-state index contributed by atoms with van der Waals surface area (Å²) < 4.78 is 0. The maximum absolute atomic E-state index is 12.2. The lowest BCUT2D eigenvalue weighted by molar-refractivity contribution is -0.128. The molecule has 0 bridgehead atoms. The van der Waals surface area contributed by atoms with E-state index in [1.54, 1.807) is 11.1 Å². The Morgan fingerprint density at radius 3 is 3.00 bits per heavy atom. The van der Waals surface area contributed by atoms with Gasteiger partial charge in [-0.15, -0.1) is 10.2 Å². The third-order valence-corrected chi connectivity index (χ3v) is 4.17. The Morgan fingerprint density at radius 2 is 2.32 bits per heavy atom. The van der Waals surface area contributed by atoms with E-state index >= 15 is 0 Å². The summed E-state index contributed by atoms with van der Waals surface area (Å²) in [5.74, 6) is -0.576. The number of anilines is 1. The van der Waals surface area contributed by atoms with Gasteiger partial charge >= 0.3 is 0 Å². The standard InChI is InChI=1S/C14H15N5O2S/c1-9-17-18-14(22-9)16-13(21)10-6-12(20)19(7-10)8-11-4-2-3-5-15-11/h2-5,10H,6-8H2,1H3,(H,16,18,21). The van der Waals surface area contributed by atoms with E-state index in [0.717, 1.165) is 10.7 Å². The second-order valence-corrected chi connectivity index (χ2v) is 6.29. The Hall–Kier alpha value is -2.35. The number of likely N-dealkylation sites (tertiary alicyclic amines) is 1. The van der Waals surface area contributed by atoms with Crippen molar-refractivity contribution in [3.8, 4) is 0 Å². The molecule has 0 aliphatic carbocycles. The van der Waals surface area contributed by atoms with Gasteiger partial charge in [0, 0.05) is 19.2 Å². The van der Waals surface area contributed by atoms with Gasteiger partial charge in [0.1, 0.15) is 5.01 Å². The van der Waals surface area contributed by atoms with Crippen LogP contribution < -0.4 is 5.32 Å². The quantitative estimate of drug-likeness (QED) is 0.916. The molecular formula is C14H15N5O2S. The molecule has 2 aromatic rings. The summed E-state index contributed by atoms with van der Waals surface area (Å²) in [7, 11) is 0. The molecule has 22 heavy (non-hydrogen) atoms. The highest BCUT2D eigenvalue weighted by atomic mass is 32.1. The van der Waals surface area contributed by atoms with Gasteiger partial charge in [-0.3, -0.25) is 14.6 Å². The highest BCUT2D eigenvalue weighted by molar-refractivity contribution is 7.15. The minimum atomic E-state index is -0.361. The van der Waals surface area contributed by atoms with Crippen LogP contribution in [0.4, 0.5) is 5.13 Å². The van der Waals surface area contributed by atoms with Gasteiger partial charge in [-0.1, -0.05) is 17.4 Å². The summed E-state index contributed by atoms with van der Waals surface area (Å²) >= 11 is 1.32. The van der Waals surface area contributed by atoms with Gasteiger partial charge in [0.15, 0.2) is 0 Å². The number of nitrogens with zero attached hydrogens (tertiary/aromatic N) is 4. The van der Waals surface area contributed by atoms with Crippen LogP contribution in [0.2, 0.25) is 0 Å². The predicted molar refractivity (Wildman–Crippen MR) is 81.0 cm³/mol. The molecule has 1 atom stereocenters. The third-order valence-electron chi connectivity index (χ3n) is 3.42. The Morgan fingerprint density at radius 1 is 1.45 bits per heavy atom. The van der Waals surface area contributed by atoms with Gasteiger partial charge in [0.05, 0.1) is 18.2 Å². The van der Waals surface area contributed by atoms with Crippen LogP contribution >= 0.6 is 11.3 Å². The predicted octanol–water partition coefficient (Wildman–Crippen LogP) is 1.23. The zero-order valence-corrected chi connectivity index (χ0v) is 12.8. The number of aromatic nitrogens is 3. The molecule has 114 valence electrons. The zero-order valence-electron chi connectivity index (χ0n) is 12.0. The second-order valence-electron chi connectivity index (χ2n) is 5.11. The number of rotatable bonds is 4. The monoisotopic (exact) mass is 317 g/mol. The number of nitrogens with one attached hydrogen (secondary N) is 1. The van der Waals surface area contributed by atoms with Crippen LogP contribution in [0.15, 0.2) is 24.4 Å². The average molecular weight is 317 g/mol. The average Bonchev–Trinajstić information content (AvgIpc) is 3.07. The number of amides is 2. The fourth-order valence-electron chi connectivity index (χ4n) is 2.34. The lowest BCUT2D eigenvalue weighted by Crippen LogP contribution is -2.28. The molecule has 2 amide bonds. The van der Waals surface area contributed by atoms with Gasteiger partial charge in [-0.25, -0.2) is 0 Å². The van der Waals surface area contributed by atoms with Crippen molar-refractivity contribution in [3.05, 3.63) is 35.1 Å². The minimum Gasteiger partial charge on any atom is -0.336 e. The van der Waals surface area contributed by atoms with Crippen molar-refractivity contribution in [2.45, 2.75) is 19.9 Å². The van der Waals surface area contributed by atoms with Crippen molar-refractivity contribution in [3.63, 3.8) is 0 Å². The normalized spacial score (nSPS) is 17.8. The van der Waals surface area contributed by atoms with Crippen molar-refractivity contribution < 1.29 is 9.59 Å². The van der Waals surface area contributed by atoms with Crippen molar-refractivity contribution in [1.82, 2.24) is 20.1 Å². The molecule has 2 aromatic heterocycles. The highest BCUT2D eigenvalue weighted by Crippen LogP contribution is 2.22. The maximum Gasteiger partial charge on any atom is 0.231 e. The Labute approximate surface area is 131 Å². The van der Waals surface area contributed by atoms with Crippen molar-refractivity contribution >= 4 is 28.3 Å². The van der Waals surface area contributed by atoms with E-state index in [9.17, 15) is 9.59 Å². The fraction of sp³-hybridized carbons (Fsp3) is 0.357. The highest BCUT2D eigenvalue weighted by Gasteiger charge is 2.34. The van der Waals surface area contributed by atoms with E-state index in [2.05, 4.69) is 20.5 Å². The van der Waals surface area contributed by atoms with Crippen LogP contribution in [0, 0.1) is 12.8 Å². The summed E-state index contributed by atoms with van der Waals surface area (Å²) in [5, 5.41) is 11.7. The van der Waals surface area contributed by atoms with Crippen LogP contribution in [-0.2, 0) is 16.1 Å². The van der Waals surface area contributed by atoms with E-state index in [4.69, 9.17) is 0 Å². The summed E-state index contributed by atoms with van der Waals surface area (Å²) in [6.07, 6.45) is 1.91. The molecule has 0 aromatic carbocycles. The molecule has 0 saturated carbocycles. The smallest absolute Gasteiger partial charge is 0.231 e. The van der Waals surface area contributed by atoms with Crippen LogP contribution in [0.3, 0.4) is 0 Å². The van der Waals surface area contributed by atoms with Gasteiger partial charge in [0.25, 0.3) is 0 Å². The van der Waals surface area contributed by atoms with E-state index in [1.807, 2.05) is 25.1 Å².